The molecule has 1 saturated heterocycles. The number of imidazole rings is 1. The minimum atomic E-state index is 0.0509. The number of piperidine rings is 1. The number of carbonyl (C=O) groups excluding carboxylic acids is 2. The van der Waals surface area contributed by atoms with Crippen LogP contribution in [0.3, 0.4) is 0 Å². The predicted octanol–water partition coefficient (Wildman–Crippen LogP) is 0.717. The van der Waals surface area contributed by atoms with Gasteiger partial charge in [0.15, 0.2) is 0 Å². The molecule has 2 N–H and O–H groups in total. The number of hydrogen-bond donors (Lipinski definition) is 2. The number of nitrogens with one attached hydrogen (secondary N) is 2. The minimum absolute atomic E-state index is 0.0509. The molecule has 1 aliphatic carbocycles. The van der Waals surface area contributed by atoms with Gasteiger partial charge in [0, 0.05) is 49.8 Å². The normalized spacial score (nSPS) is 19.5. The average Bonchev–Trinajstić information content (AvgIpc) is 3.24. The number of carbonyl (C=O) groups is 2. The summed E-state index contributed by atoms with van der Waals surface area (Å²) < 4.78 is 0. The third-order valence-electron chi connectivity index (χ3n) is 4.35. The van der Waals surface area contributed by atoms with Gasteiger partial charge in [-0.3, -0.25) is 9.59 Å². The summed E-state index contributed by atoms with van der Waals surface area (Å²) in [6.07, 6.45) is 7.85. The summed E-state index contributed by atoms with van der Waals surface area (Å²) in [5.41, 5.74) is 1.03. The summed E-state index contributed by atoms with van der Waals surface area (Å²) in [6.45, 7) is 2.09. The van der Waals surface area contributed by atoms with E-state index in [0.717, 1.165) is 50.9 Å². The molecule has 0 radical (unpaired) electrons. The molecule has 1 aromatic rings. The lowest BCUT2D eigenvalue weighted by molar-refractivity contribution is -0.136. The number of H-pyrrole nitrogens is 1. The van der Waals surface area contributed by atoms with Crippen LogP contribution in [0.25, 0.3) is 0 Å². The molecule has 2 amide bonds. The molecule has 1 saturated carbocycles. The monoisotopic (exact) mass is 290 g/mol. The van der Waals surface area contributed by atoms with Crippen LogP contribution in [-0.4, -0.2) is 46.3 Å². The lowest BCUT2D eigenvalue weighted by atomic mass is 9.95. The van der Waals surface area contributed by atoms with Crippen LogP contribution in [0.15, 0.2) is 12.5 Å². The summed E-state index contributed by atoms with van der Waals surface area (Å²) >= 11 is 0. The third-order valence-corrected chi connectivity index (χ3v) is 4.35. The van der Waals surface area contributed by atoms with E-state index in [0.29, 0.717) is 12.5 Å². The quantitative estimate of drug-likeness (QED) is 0.838. The molecule has 1 aliphatic heterocycles. The standard InChI is InChI=1S/C15H22N4O2/c20-14(17-6-3-13-9-16-10-18-13)11-4-7-19(8-5-11)15(21)12-1-2-12/h9-12H,1-8H2,(H,16,18)(H,17,20). The number of rotatable bonds is 5. The maximum absolute atomic E-state index is 12.1. The summed E-state index contributed by atoms with van der Waals surface area (Å²) in [4.78, 5) is 33.0. The summed E-state index contributed by atoms with van der Waals surface area (Å²) in [6, 6.07) is 0. The minimum Gasteiger partial charge on any atom is -0.355 e. The summed E-state index contributed by atoms with van der Waals surface area (Å²) in [5.74, 6) is 0.751. The molecule has 2 aliphatic rings. The highest BCUT2D eigenvalue weighted by atomic mass is 16.2. The first kappa shape index (κ1) is 14.1. The van der Waals surface area contributed by atoms with E-state index in [2.05, 4.69) is 15.3 Å². The zero-order valence-corrected chi connectivity index (χ0v) is 12.2. The van der Waals surface area contributed by atoms with Crippen LogP contribution in [0.1, 0.15) is 31.4 Å². The first-order chi connectivity index (χ1) is 10.2. The zero-order valence-electron chi connectivity index (χ0n) is 12.2. The molecule has 2 heterocycles. The fourth-order valence-electron chi connectivity index (χ4n) is 2.84. The van der Waals surface area contributed by atoms with E-state index in [1.54, 1.807) is 12.5 Å². The van der Waals surface area contributed by atoms with Gasteiger partial charge in [-0.15, -0.1) is 0 Å². The highest BCUT2D eigenvalue weighted by molar-refractivity contribution is 5.82. The molecule has 6 nitrogen and oxygen atoms in total. The molecule has 1 aromatic heterocycles. The van der Waals surface area contributed by atoms with Crippen LogP contribution < -0.4 is 5.32 Å². The maximum Gasteiger partial charge on any atom is 0.225 e. The van der Waals surface area contributed by atoms with Crippen molar-refractivity contribution in [2.24, 2.45) is 11.8 Å². The van der Waals surface area contributed by atoms with Crippen molar-refractivity contribution in [3.63, 3.8) is 0 Å². The van der Waals surface area contributed by atoms with Crippen molar-refractivity contribution in [2.45, 2.75) is 32.1 Å². The van der Waals surface area contributed by atoms with Crippen LogP contribution in [0.4, 0.5) is 0 Å². The first-order valence-corrected chi connectivity index (χ1v) is 7.78. The Kier molecular flexibility index (Phi) is 4.22. The molecule has 0 aromatic carbocycles. The molecule has 114 valence electrons. The molecule has 0 bridgehead atoms. The van der Waals surface area contributed by atoms with Gasteiger partial charge in [0.1, 0.15) is 0 Å². The molecule has 0 unspecified atom stereocenters. The van der Waals surface area contributed by atoms with E-state index >= 15 is 0 Å². The Labute approximate surface area is 124 Å². The number of aromatic nitrogens is 2. The second kappa shape index (κ2) is 6.28. The van der Waals surface area contributed by atoms with E-state index in [-0.39, 0.29) is 17.7 Å². The van der Waals surface area contributed by atoms with Gasteiger partial charge in [-0.1, -0.05) is 0 Å². The number of likely N-dealkylation sites (tertiary alicyclic amines) is 1. The maximum atomic E-state index is 12.1. The second-order valence-corrected chi connectivity index (χ2v) is 5.99. The van der Waals surface area contributed by atoms with Gasteiger partial charge in [-0.2, -0.15) is 0 Å². The highest BCUT2D eigenvalue weighted by Gasteiger charge is 2.35. The van der Waals surface area contributed by atoms with Gasteiger partial charge in [-0.05, 0) is 25.7 Å². The Morgan fingerprint density at radius 3 is 2.62 bits per heavy atom. The average molecular weight is 290 g/mol. The Morgan fingerprint density at radius 2 is 2.00 bits per heavy atom. The zero-order chi connectivity index (χ0) is 14.7. The summed E-state index contributed by atoms with van der Waals surface area (Å²) in [7, 11) is 0. The number of nitrogens with zero attached hydrogens (tertiary/aromatic N) is 2. The molecule has 0 spiro atoms. The van der Waals surface area contributed by atoms with Crippen molar-refractivity contribution < 1.29 is 9.59 Å². The molecule has 3 rings (SSSR count). The van der Waals surface area contributed by atoms with Gasteiger partial charge in [0.25, 0.3) is 0 Å². The van der Waals surface area contributed by atoms with Crippen LogP contribution >= 0.6 is 0 Å². The Balaban J connectivity index is 1.37. The van der Waals surface area contributed by atoms with Crippen molar-refractivity contribution in [1.82, 2.24) is 20.2 Å². The SMILES string of the molecule is O=C(NCCc1cnc[nH]1)C1CCN(C(=O)C2CC2)CC1. The van der Waals surface area contributed by atoms with E-state index in [4.69, 9.17) is 0 Å². The largest absolute Gasteiger partial charge is 0.355 e. The third kappa shape index (κ3) is 3.62. The molecule has 6 heteroatoms. The number of amides is 2. The second-order valence-electron chi connectivity index (χ2n) is 5.99. The van der Waals surface area contributed by atoms with Gasteiger partial charge < -0.3 is 15.2 Å². The van der Waals surface area contributed by atoms with Crippen molar-refractivity contribution in [2.75, 3.05) is 19.6 Å². The molecular weight excluding hydrogens is 268 g/mol. The van der Waals surface area contributed by atoms with Gasteiger partial charge in [-0.25, -0.2) is 4.98 Å². The smallest absolute Gasteiger partial charge is 0.225 e. The van der Waals surface area contributed by atoms with Crippen LogP contribution in [0.2, 0.25) is 0 Å². The fraction of sp³-hybridized carbons (Fsp3) is 0.667. The molecular formula is C15H22N4O2. The van der Waals surface area contributed by atoms with Gasteiger partial charge >= 0.3 is 0 Å². The highest BCUT2D eigenvalue weighted by Crippen LogP contribution is 2.32. The van der Waals surface area contributed by atoms with Gasteiger partial charge in [0.2, 0.25) is 11.8 Å². The topological polar surface area (TPSA) is 78.1 Å². The van der Waals surface area contributed by atoms with E-state index in [1.807, 2.05) is 4.90 Å². The van der Waals surface area contributed by atoms with E-state index < -0.39 is 0 Å². The lowest BCUT2D eigenvalue weighted by Gasteiger charge is -2.31. The van der Waals surface area contributed by atoms with Crippen LogP contribution in [0, 0.1) is 11.8 Å². The van der Waals surface area contributed by atoms with Crippen molar-refractivity contribution in [3.05, 3.63) is 18.2 Å². The fourth-order valence-corrected chi connectivity index (χ4v) is 2.84. The number of hydrogen-bond acceptors (Lipinski definition) is 3. The van der Waals surface area contributed by atoms with E-state index in [1.165, 1.54) is 0 Å². The van der Waals surface area contributed by atoms with Crippen molar-refractivity contribution >= 4 is 11.8 Å². The predicted molar refractivity (Wildman–Crippen MR) is 77.3 cm³/mol. The molecule has 21 heavy (non-hydrogen) atoms. The van der Waals surface area contributed by atoms with Crippen molar-refractivity contribution in [3.8, 4) is 0 Å². The Morgan fingerprint density at radius 1 is 1.24 bits per heavy atom. The van der Waals surface area contributed by atoms with E-state index in [9.17, 15) is 9.59 Å². The Bertz CT molecular complexity index is 488. The summed E-state index contributed by atoms with van der Waals surface area (Å²) in [5, 5.41) is 2.98. The van der Waals surface area contributed by atoms with Crippen molar-refractivity contribution in [1.29, 1.82) is 0 Å². The number of aromatic amines is 1. The van der Waals surface area contributed by atoms with Crippen LogP contribution in [-0.2, 0) is 16.0 Å². The Hall–Kier alpha value is -1.85. The lowest BCUT2D eigenvalue weighted by Crippen LogP contribution is -2.43. The van der Waals surface area contributed by atoms with Crippen LogP contribution in [0.5, 0.6) is 0 Å². The van der Waals surface area contributed by atoms with Gasteiger partial charge in [0.05, 0.1) is 6.33 Å². The first-order valence-electron chi connectivity index (χ1n) is 7.78. The molecule has 2 fully saturated rings. The molecule has 0 atom stereocenters.